The molecule has 0 saturated carbocycles. The topological polar surface area (TPSA) is 55.1 Å². The third-order valence-corrected chi connectivity index (χ3v) is 3.23. The predicted octanol–water partition coefficient (Wildman–Crippen LogP) is 3.83. The summed E-state index contributed by atoms with van der Waals surface area (Å²) in [4.78, 5) is 14.8. The first-order chi connectivity index (χ1) is 9.26. The Kier molecular flexibility index (Phi) is 3.05. The van der Waals surface area contributed by atoms with Gasteiger partial charge in [-0.15, -0.1) is 0 Å². The number of halogens is 1. The maximum absolute atomic E-state index is 10.4. The normalized spacial score (nSPS) is 10.6. The zero-order valence-electron chi connectivity index (χ0n) is 9.76. The van der Waals surface area contributed by atoms with Crippen LogP contribution in [0, 0.1) is 0 Å². The van der Waals surface area contributed by atoms with E-state index in [1.807, 2.05) is 24.3 Å². The van der Waals surface area contributed by atoms with Gasteiger partial charge in [-0.25, -0.2) is 4.98 Å². The van der Waals surface area contributed by atoms with Crippen LogP contribution in [0.25, 0.3) is 22.6 Å². The van der Waals surface area contributed by atoms with Crippen LogP contribution < -0.4 is 5.32 Å². The molecule has 1 heterocycles. The third kappa shape index (κ3) is 2.37. The molecule has 0 aliphatic heterocycles. The molecule has 1 amide bonds. The lowest BCUT2D eigenvalue weighted by Crippen LogP contribution is -1.92. The molecule has 0 radical (unpaired) electrons. The predicted molar refractivity (Wildman–Crippen MR) is 76.8 cm³/mol. The average molecular weight is 317 g/mol. The average Bonchev–Trinajstić information content (AvgIpc) is 2.83. The minimum absolute atomic E-state index is 0.561. The Morgan fingerprint density at radius 3 is 2.68 bits per heavy atom. The number of fused-ring (bicyclic) bond motifs is 1. The Labute approximate surface area is 117 Å². The molecule has 5 heteroatoms. The largest absolute Gasteiger partial charge is 0.436 e. The van der Waals surface area contributed by atoms with Crippen molar-refractivity contribution in [3.8, 4) is 11.5 Å². The lowest BCUT2D eigenvalue weighted by Gasteiger charge is -1.95. The maximum Gasteiger partial charge on any atom is 0.227 e. The summed E-state index contributed by atoms with van der Waals surface area (Å²) in [6, 6.07) is 13.1. The fourth-order valence-electron chi connectivity index (χ4n) is 1.80. The Hall–Kier alpha value is -2.14. The molecular weight excluding hydrogens is 308 g/mol. The van der Waals surface area contributed by atoms with Gasteiger partial charge in [-0.1, -0.05) is 15.9 Å². The highest BCUT2D eigenvalue weighted by molar-refractivity contribution is 9.10. The first-order valence-corrected chi connectivity index (χ1v) is 6.42. The maximum atomic E-state index is 10.4. The molecule has 0 bridgehead atoms. The van der Waals surface area contributed by atoms with Gasteiger partial charge in [-0.3, -0.25) is 4.79 Å². The number of anilines is 1. The Balaban J connectivity index is 2.05. The SMILES string of the molecule is O=CNc1ccc2oc(-c3ccc(Br)cc3)nc2c1. The highest BCUT2D eigenvalue weighted by Crippen LogP contribution is 2.26. The molecule has 3 aromatic rings. The zero-order chi connectivity index (χ0) is 13.2. The van der Waals surface area contributed by atoms with Gasteiger partial charge in [0.05, 0.1) is 0 Å². The summed E-state index contributed by atoms with van der Waals surface area (Å²) in [6.45, 7) is 0. The lowest BCUT2D eigenvalue weighted by molar-refractivity contribution is -0.105. The van der Waals surface area contributed by atoms with Crippen LogP contribution in [0.4, 0.5) is 5.69 Å². The van der Waals surface area contributed by atoms with Crippen molar-refractivity contribution >= 4 is 39.1 Å². The number of benzene rings is 2. The number of amides is 1. The third-order valence-electron chi connectivity index (χ3n) is 2.70. The highest BCUT2D eigenvalue weighted by atomic mass is 79.9. The van der Waals surface area contributed by atoms with E-state index in [4.69, 9.17) is 4.42 Å². The van der Waals surface area contributed by atoms with Crippen LogP contribution >= 0.6 is 15.9 Å². The van der Waals surface area contributed by atoms with Crippen molar-refractivity contribution in [2.75, 3.05) is 5.32 Å². The standard InChI is InChI=1S/C14H9BrN2O2/c15-10-3-1-9(2-4-10)14-17-12-7-11(16-8-18)5-6-13(12)19-14/h1-8H,(H,16,18). The number of nitrogens with one attached hydrogen (secondary N) is 1. The first-order valence-electron chi connectivity index (χ1n) is 5.63. The second-order valence-corrected chi connectivity index (χ2v) is 4.89. The van der Waals surface area contributed by atoms with Gasteiger partial charge in [0.2, 0.25) is 12.3 Å². The van der Waals surface area contributed by atoms with Crippen molar-refractivity contribution in [1.82, 2.24) is 4.98 Å². The molecule has 19 heavy (non-hydrogen) atoms. The molecule has 1 aromatic heterocycles. The summed E-state index contributed by atoms with van der Waals surface area (Å²) >= 11 is 3.39. The van der Waals surface area contributed by atoms with Gasteiger partial charge in [-0.2, -0.15) is 0 Å². The number of rotatable bonds is 3. The van der Waals surface area contributed by atoms with Crippen molar-refractivity contribution in [1.29, 1.82) is 0 Å². The van der Waals surface area contributed by atoms with Gasteiger partial charge in [0.1, 0.15) is 5.52 Å². The van der Waals surface area contributed by atoms with E-state index in [1.165, 1.54) is 0 Å². The smallest absolute Gasteiger partial charge is 0.227 e. The molecule has 0 spiro atoms. The van der Waals surface area contributed by atoms with E-state index >= 15 is 0 Å². The highest BCUT2D eigenvalue weighted by Gasteiger charge is 2.08. The number of oxazole rings is 1. The monoisotopic (exact) mass is 316 g/mol. The van der Waals surface area contributed by atoms with Gasteiger partial charge in [0.15, 0.2) is 5.58 Å². The summed E-state index contributed by atoms with van der Waals surface area (Å²) < 4.78 is 6.69. The minimum atomic E-state index is 0.561. The van der Waals surface area contributed by atoms with Crippen molar-refractivity contribution in [3.05, 3.63) is 46.9 Å². The molecule has 0 aliphatic rings. The van der Waals surface area contributed by atoms with E-state index in [9.17, 15) is 4.79 Å². The van der Waals surface area contributed by atoms with E-state index < -0.39 is 0 Å². The molecule has 0 unspecified atom stereocenters. The summed E-state index contributed by atoms with van der Waals surface area (Å²) in [5.74, 6) is 0.561. The molecule has 3 rings (SSSR count). The minimum Gasteiger partial charge on any atom is -0.436 e. The van der Waals surface area contributed by atoms with E-state index in [0.29, 0.717) is 29.1 Å². The molecule has 4 nitrogen and oxygen atoms in total. The summed E-state index contributed by atoms with van der Waals surface area (Å²) in [5.41, 5.74) is 3.00. The van der Waals surface area contributed by atoms with Crippen LogP contribution in [-0.4, -0.2) is 11.4 Å². The molecule has 0 aliphatic carbocycles. The van der Waals surface area contributed by atoms with Gasteiger partial charge in [0, 0.05) is 15.7 Å². The summed E-state index contributed by atoms with van der Waals surface area (Å²) in [7, 11) is 0. The molecule has 0 saturated heterocycles. The Bertz CT molecular complexity index is 735. The van der Waals surface area contributed by atoms with E-state index in [-0.39, 0.29) is 0 Å². The van der Waals surface area contributed by atoms with Crippen LogP contribution in [-0.2, 0) is 4.79 Å². The van der Waals surface area contributed by atoms with Crippen molar-refractivity contribution < 1.29 is 9.21 Å². The number of carbonyl (C=O) groups excluding carboxylic acids is 1. The number of hydrogen-bond donors (Lipinski definition) is 1. The number of nitrogens with zero attached hydrogens (tertiary/aromatic N) is 1. The van der Waals surface area contributed by atoms with Crippen LogP contribution in [0.15, 0.2) is 51.4 Å². The Morgan fingerprint density at radius 1 is 1.16 bits per heavy atom. The van der Waals surface area contributed by atoms with Crippen LogP contribution in [0.2, 0.25) is 0 Å². The van der Waals surface area contributed by atoms with Gasteiger partial charge in [0.25, 0.3) is 0 Å². The molecule has 1 N–H and O–H groups in total. The number of carbonyl (C=O) groups is 1. The van der Waals surface area contributed by atoms with Gasteiger partial charge >= 0.3 is 0 Å². The fourth-order valence-corrected chi connectivity index (χ4v) is 2.07. The van der Waals surface area contributed by atoms with E-state index in [2.05, 4.69) is 26.2 Å². The van der Waals surface area contributed by atoms with Crippen molar-refractivity contribution in [3.63, 3.8) is 0 Å². The van der Waals surface area contributed by atoms with Crippen LogP contribution in [0.3, 0.4) is 0 Å². The van der Waals surface area contributed by atoms with Crippen molar-refractivity contribution in [2.24, 2.45) is 0 Å². The molecule has 2 aromatic carbocycles. The fraction of sp³-hybridized carbons (Fsp3) is 0. The molecular formula is C14H9BrN2O2. The van der Waals surface area contributed by atoms with Gasteiger partial charge in [-0.05, 0) is 42.5 Å². The second-order valence-electron chi connectivity index (χ2n) is 3.97. The van der Waals surface area contributed by atoms with E-state index in [0.717, 1.165) is 10.0 Å². The number of aromatic nitrogens is 1. The molecule has 94 valence electrons. The quantitative estimate of drug-likeness (QED) is 0.747. The zero-order valence-corrected chi connectivity index (χ0v) is 11.3. The number of hydrogen-bond acceptors (Lipinski definition) is 3. The van der Waals surface area contributed by atoms with Gasteiger partial charge < -0.3 is 9.73 Å². The van der Waals surface area contributed by atoms with Crippen molar-refractivity contribution in [2.45, 2.75) is 0 Å². The van der Waals surface area contributed by atoms with E-state index in [1.54, 1.807) is 18.2 Å². The lowest BCUT2D eigenvalue weighted by atomic mass is 10.2. The summed E-state index contributed by atoms with van der Waals surface area (Å²) in [6.07, 6.45) is 0.636. The second kappa shape index (κ2) is 4.85. The summed E-state index contributed by atoms with van der Waals surface area (Å²) in [5, 5.41) is 2.59. The van der Waals surface area contributed by atoms with Crippen LogP contribution in [0.5, 0.6) is 0 Å². The molecule has 0 atom stereocenters. The molecule has 0 fully saturated rings. The first kappa shape index (κ1) is 11.9. The Morgan fingerprint density at radius 2 is 1.95 bits per heavy atom. The van der Waals surface area contributed by atoms with Crippen LogP contribution in [0.1, 0.15) is 0 Å².